The van der Waals surface area contributed by atoms with Crippen LogP contribution in [0, 0.1) is 12.8 Å². The summed E-state index contributed by atoms with van der Waals surface area (Å²) in [6.45, 7) is 2.58. The molecule has 3 aromatic heterocycles. The second-order valence-corrected chi connectivity index (χ2v) is 6.80. The maximum atomic E-state index is 13.0. The van der Waals surface area contributed by atoms with Crippen LogP contribution in [0.15, 0.2) is 41.0 Å². The Morgan fingerprint density at radius 2 is 2.31 bits per heavy atom. The second kappa shape index (κ2) is 6.78. The van der Waals surface area contributed by atoms with Crippen LogP contribution in [0.5, 0.6) is 0 Å². The number of aromatic nitrogens is 3. The monoisotopic (exact) mass is 350 g/mol. The highest BCUT2D eigenvalue weighted by Gasteiger charge is 2.21. The zero-order chi connectivity index (χ0) is 18.1. The summed E-state index contributed by atoms with van der Waals surface area (Å²) in [5, 5.41) is 8.34. The van der Waals surface area contributed by atoms with Gasteiger partial charge < -0.3 is 9.73 Å². The molecule has 0 fully saturated rings. The van der Waals surface area contributed by atoms with Gasteiger partial charge in [-0.1, -0.05) is 12.2 Å². The van der Waals surface area contributed by atoms with Crippen molar-refractivity contribution in [2.75, 3.05) is 6.54 Å². The Hall–Kier alpha value is -2.89. The number of allylic oxidation sites excluding steroid dienone is 2. The van der Waals surface area contributed by atoms with Crippen molar-refractivity contribution >= 4 is 16.9 Å². The molecule has 0 aromatic carbocycles. The number of rotatable bonds is 4. The number of carbonyl (C=O) groups is 1. The Balaban J connectivity index is 1.70. The number of hydrogen-bond donors (Lipinski definition) is 1. The molecular weight excluding hydrogens is 328 g/mol. The Morgan fingerprint density at radius 1 is 1.42 bits per heavy atom. The molecule has 1 unspecified atom stereocenters. The van der Waals surface area contributed by atoms with E-state index in [1.54, 1.807) is 17.0 Å². The smallest absolute Gasteiger partial charge is 0.252 e. The molecule has 4 rings (SSSR count). The van der Waals surface area contributed by atoms with Crippen molar-refractivity contribution in [3.8, 4) is 11.5 Å². The molecule has 1 amide bonds. The van der Waals surface area contributed by atoms with E-state index in [1.807, 2.05) is 26.1 Å². The number of amides is 1. The van der Waals surface area contributed by atoms with Crippen LogP contribution in [0.2, 0.25) is 0 Å². The van der Waals surface area contributed by atoms with Gasteiger partial charge in [-0.05, 0) is 50.3 Å². The van der Waals surface area contributed by atoms with Crippen molar-refractivity contribution in [1.29, 1.82) is 0 Å². The molecule has 1 atom stereocenters. The highest BCUT2D eigenvalue weighted by molar-refractivity contribution is 6.07. The summed E-state index contributed by atoms with van der Waals surface area (Å²) in [4.78, 5) is 17.6. The third kappa shape index (κ3) is 3.03. The number of nitrogens with zero attached hydrogens (tertiary/aromatic N) is 3. The Morgan fingerprint density at radius 3 is 3.04 bits per heavy atom. The van der Waals surface area contributed by atoms with E-state index in [4.69, 9.17) is 4.42 Å². The van der Waals surface area contributed by atoms with Gasteiger partial charge >= 0.3 is 0 Å². The van der Waals surface area contributed by atoms with E-state index in [2.05, 4.69) is 27.6 Å². The summed E-state index contributed by atoms with van der Waals surface area (Å²) >= 11 is 0. The number of pyridine rings is 1. The fraction of sp³-hybridized carbons (Fsp3) is 0.350. The van der Waals surface area contributed by atoms with Crippen molar-refractivity contribution < 1.29 is 9.21 Å². The lowest BCUT2D eigenvalue weighted by molar-refractivity contribution is 0.0948. The third-order valence-corrected chi connectivity index (χ3v) is 4.92. The topological polar surface area (TPSA) is 73.0 Å². The predicted octanol–water partition coefficient (Wildman–Crippen LogP) is 3.62. The molecule has 134 valence electrons. The summed E-state index contributed by atoms with van der Waals surface area (Å²) in [6.07, 6.45) is 9.24. The molecule has 0 spiro atoms. The molecule has 1 N–H and O–H groups in total. The molecule has 6 nitrogen and oxygen atoms in total. The van der Waals surface area contributed by atoms with Gasteiger partial charge in [-0.25, -0.2) is 4.98 Å². The molecule has 1 aliphatic rings. The minimum atomic E-state index is -0.0872. The molecule has 0 saturated heterocycles. The SMILES string of the molecule is Cc1nn(C)c2nc(-c3ccco3)cc(C(=O)NCC3CC=CCC3)c12. The zero-order valence-corrected chi connectivity index (χ0v) is 15.0. The van der Waals surface area contributed by atoms with Crippen LogP contribution in [0.1, 0.15) is 35.3 Å². The predicted molar refractivity (Wildman–Crippen MR) is 99.8 cm³/mol. The van der Waals surface area contributed by atoms with Crippen molar-refractivity contribution in [3.63, 3.8) is 0 Å². The van der Waals surface area contributed by atoms with Gasteiger partial charge in [0, 0.05) is 13.6 Å². The van der Waals surface area contributed by atoms with Gasteiger partial charge in [-0.2, -0.15) is 5.10 Å². The average Bonchev–Trinajstić information content (AvgIpc) is 3.29. The van der Waals surface area contributed by atoms with E-state index in [1.165, 1.54) is 0 Å². The van der Waals surface area contributed by atoms with Crippen molar-refractivity contribution in [3.05, 3.63) is 47.9 Å². The summed E-state index contributed by atoms with van der Waals surface area (Å²) in [5.74, 6) is 1.05. The lowest BCUT2D eigenvalue weighted by Crippen LogP contribution is -2.30. The van der Waals surface area contributed by atoms with Crippen LogP contribution >= 0.6 is 0 Å². The van der Waals surface area contributed by atoms with Gasteiger partial charge in [0.1, 0.15) is 5.69 Å². The molecule has 0 bridgehead atoms. The standard InChI is InChI=1S/C20H22N4O2/c1-13-18-15(20(25)21-12-14-7-4-3-5-8-14)11-16(17-9-6-10-26-17)22-19(18)24(2)23-13/h3-4,6,9-11,14H,5,7-8,12H2,1-2H3,(H,21,25). The maximum absolute atomic E-state index is 13.0. The van der Waals surface area contributed by atoms with Crippen LogP contribution in [0.25, 0.3) is 22.5 Å². The number of furan rings is 1. The number of nitrogens with one attached hydrogen (secondary N) is 1. The molecule has 0 saturated carbocycles. The van der Waals surface area contributed by atoms with E-state index in [-0.39, 0.29) is 5.91 Å². The Bertz CT molecular complexity index is 970. The number of fused-ring (bicyclic) bond motifs is 1. The molecule has 0 aliphatic heterocycles. The second-order valence-electron chi connectivity index (χ2n) is 6.80. The molecule has 3 heterocycles. The van der Waals surface area contributed by atoms with Gasteiger partial charge in [0.2, 0.25) is 0 Å². The van der Waals surface area contributed by atoms with Gasteiger partial charge in [-0.3, -0.25) is 9.48 Å². The van der Waals surface area contributed by atoms with Gasteiger partial charge in [-0.15, -0.1) is 0 Å². The Kier molecular flexibility index (Phi) is 4.32. The number of carbonyl (C=O) groups excluding carboxylic acids is 1. The van der Waals surface area contributed by atoms with E-state index < -0.39 is 0 Å². The fourth-order valence-electron chi connectivity index (χ4n) is 3.55. The molecule has 26 heavy (non-hydrogen) atoms. The van der Waals surface area contributed by atoms with Gasteiger partial charge in [0.05, 0.1) is 22.9 Å². The summed E-state index contributed by atoms with van der Waals surface area (Å²) in [7, 11) is 1.84. The zero-order valence-electron chi connectivity index (χ0n) is 15.0. The first kappa shape index (κ1) is 16.6. The van der Waals surface area contributed by atoms with E-state index in [0.717, 1.165) is 30.3 Å². The lowest BCUT2D eigenvalue weighted by Gasteiger charge is -2.18. The van der Waals surface area contributed by atoms with E-state index in [0.29, 0.717) is 35.1 Å². The van der Waals surface area contributed by atoms with E-state index in [9.17, 15) is 4.79 Å². The molecule has 6 heteroatoms. The quantitative estimate of drug-likeness (QED) is 0.729. The normalized spacial score (nSPS) is 16.9. The van der Waals surface area contributed by atoms with Crippen molar-refractivity contribution in [2.45, 2.75) is 26.2 Å². The molecule has 0 radical (unpaired) electrons. The van der Waals surface area contributed by atoms with E-state index >= 15 is 0 Å². The van der Waals surface area contributed by atoms with Crippen LogP contribution in [-0.4, -0.2) is 27.2 Å². The first-order chi connectivity index (χ1) is 12.6. The highest BCUT2D eigenvalue weighted by Crippen LogP contribution is 2.27. The van der Waals surface area contributed by atoms with Gasteiger partial charge in [0.15, 0.2) is 11.4 Å². The van der Waals surface area contributed by atoms with Crippen molar-refractivity contribution in [1.82, 2.24) is 20.1 Å². The number of aryl methyl sites for hydroxylation is 2. The van der Waals surface area contributed by atoms with Crippen LogP contribution in [-0.2, 0) is 7.05 Å². The Labute approximate surface area is 151 Å². The third-order valence-electron chi connectivity index (χ3n) is 4.92. The summed E-state index contributed by atoms with van der Waals surface area (Å²) in [6, 6.07) is 5.45. The van der Waals surface area contributed by atoms with Crippen molar-refractivity contribution in [2.24, 2.45) is 13.0 Å². The van der Waals surface area contributed by atoms with Crippen LogP contribution < -0.4 is 5.32 Å². The maximum Gasteiger partial charge on any atom is 0.252 e. The molecular formula is C20H22N4O2. The lowest BCUT2D eigenvalue weighted by atomic mass is 9.94. The molecule has 3 aromatic rings. The van der Waals surface area contributed by atoms with Gasteiger partial charge in [0.25, 0.3) is 5.91 Å². The average molecular weight is 350 g/mol. The highest BCUT2D eigenvalue weighted by atomic mass is 16.3. The first-order valence-electron chi connectivity index (χ1n) is 8.95. The first-order valence-corrected chi connectivity index (χ1v) is 8.95. The summed E-state index contributed by atoms with van der Waals surface area (Å²) < 4.78 is 7.18. The number of hydrogen-bond acceptors (Lipinski definition) is 4. The minimum absolute atomic E-state index is 0.0872. The summed E-state index contributed by atoms with van der Waals surface area (Å²) in [5.41, 5.74) is 2.71. The van der Waals surface area contributed by atoms with Crippen LogP contribution in [0.4, 0.5) is 0 Å². The van der Waals surface area contributed by atoms with Crippen LogP contribution in [0.3, 0.4) is 0 Å². The largest absolute Gasteiger partial charge is 0.463 e. The minimum Gasteiger partial charge on any atom is -0.463 e. The molecule has 1 aliphatic carbocycles. The fourth-order valence-corrected chi connectivity index (χ4v) is 3.55.